The molecule has 0 aliphatic rings. The third-order valence-electron chi connectivity index (χ3n) is 3.86. The maximum atomic E-state index is 12.3. The van der Waals surface area contributed by atoms with Crippen molar-refractivity contribution in [2.45, 2.75) is 5.92 Å². The number of nitrogens with zero attached hydrogens (tertiary/aromatic N) is 3. The normalized spacial score (nSPS) is 11.2. The van der Waals surface area contributed by atoms with Gasteiger partial charge in [-0.2, -0.15) is 15.0 Å². The van der Waals surface area contributed by atoms with Gasteiger partial charge in [-0.15, -0.1) is 0 Å². The van der Waals surface area contributed by atoms with E-state index in [2.05, 4.69) is 10.2 Å². The second-order valence-corrected chi connectivity index (χ2v) is 5.43. The summed E-state index contributed by atoms with van der Waals surface area (Å²) in [5, 5.41) is 9.34. The molecule has 0 atom stereocenters. The lowest BCUT2D eigenvalue weighted by atomic mass is 10.0. The van der Waals surface area contributed by atoms with E-state index in [1.807, 2.05) is 36.4 Å². The molecule has 0 saturated heterocycles. The number of hydrogen-bond acceptors (Lipinski definition) is 6. The van der Waals surface area contributed by atoms with Gasteiger partial charge in [-0.1, -0.05) is 48.5 Å². The average molecular weight is 351 g/mol. The van der Waals surface area contributed by atoms with E-state index in [1.54, 1.807) is 24.4 Å². The molecule has 7 heteroatoms. The first kappa shape index (κ1) is 17.3. The van der Waals surface area contributed by atoms with Gasteiger partial charge in [-0.25, -0.2) is 0 Å². The summed E-state index contributed by atoms with van der Waals surface area (Å²) >= 11 is 0. The highest BCUT2D eigenvalue weighted by Gasteiger charge is 2.36. The molecule has 0 unspecified atom stereocenters. The SMILES string of the molecule is COC(=O)C(C(=O)OC)c1c2ccccc2nn1N=Cc1ccccc1. The van der Waals surface area contributed by atoms with Gasteiger partial charge in [0.15, 0.2) is 5.92 Å². The molecule has 132 valence electrons. The van der Waals surface area contributed by atoms with Gasteiger partial charge < -0.3 is 9.47 Å². The maximum absolute atomic E-state index is 12.3. The van der Waals surface area contributed by atoms with Gasteiger partial charge >= 0.3 is 11.9 Å². The number of carbonyl (C=O) groups excluding carboxylic acids is 2. The van der Waals surface area contributed by atoms with Crippen LogP contribution in [0.25, 0.3) is 10.9 Å². The summed E-state index contributed by atoms with van der Waals surface area (Å²) in [5.74, 6) is -2.76. The lowest BCUT2D eigenvalue weighted by Gasteiger charge is -2.13. The van der Waals surface area contributed by atoms with E-state index in [0.29, 0.717) is 16.6 Å². The van der Waals surface area contributed by atoms with Crippen LogP contribution in [0.3, 0.4) is 0 Å². The van der Waals surface area contributed by atoms with Crippen molar-refractivity contribution < 1.29 is 19.1 Å². The first-order valence-corrected chi connectivity index (χ1v) is 7.88. The molecule has 0 N–H and O–H groups in total. The van der Waals surface area contributed by atoms with Gasteiger partial charge in [-0.3, -0.25) is 9.59 Å². The average Bonchev–Trinajstić information content (AvgIpc) is 3.05. The third kappa shape index (κ3) is 3.32. The number of ether oxygens (including phenoxy) is 2. The number of rotatable bonds is 5. The predicted octanol–water partition coefficient (Wildman–Crippen LogP) is 2.35. The maximum Gasteiger partial charge on any atom is 0.326 e. The Bertz CT molecular complexity index is 947. The van der Waals surface area contributed by atoms with Crippen molar-refractivity contribution in [3.63, 3.8) is 0 Å². The highest BCUT2D eigenvalue weighted by atomic mass is 16.5. The van der Waals surface area contributed by atoms with Crippen LogP contribution < -0.4 is 0 Å². The van der Waals surface area contributed by atoms with Crippen LogP contribution in [0.5, 0.6) is 0 Å². The lowest BCUT2D eigenvalue weighted by molar-refractivity contribution is -0.154. The zero-order valence-corrected chi connectivity index (χ0v) is 14.3. The Morgan fingerprint density at radius 2 is 1.62 bits per heavy atom. The zero-order chi connectivity index (χ0) is 18.5. The van der Waals surface area contributed by atoms with Crippen molar-refractivity contribution >= 4 is 29.1 Å². The minimum Gasteiger partial charge on any atom is -0.468 e. The molecule has 0 saturated carbocycles. The molecule has 1 aromatic heterocycles. The number of esters is 2. The Kier molecular flexibility index (Phi) is 5.07. The molecule has 26 heavy (non-hydrogen) atoms. The van der Waals surface area contributed by atoms with E-state index in [9.17, 15) is 9.59 Å². The fourth-order valence-electron chi connectivity index (χ4n) is 2.62. The molecule has 3 rings (SSSR count). The lowest BCUT2D eigenvalue weighted by Crippen LogP contribution is -2.26. The minimum atomic E-state index is -1.29. The van der Waals surface area contributed by atoms with Gasteiger partial charge in [0.1, 0.15) is 0 Å². The number of benzene rings is 2. The standard InChI is InChI=1S/C19H17N3O4/c1-25-18(23)16(19(24)26-2)17-14-10-6-7-11-15(14)21-22(17)20-12-13-8-4-3-5-9-13/h3-12,16H,1-2H3. The van der Waals surface area contributed by atoms with Crippen molar-refractivity contribution in [2.24, 2.45) is 5.10 Å². The summed E-state index contributed by atoms with van der Waals surface area (Å²) in [7, 11) is 2.43. The van der Waals surface area contributed by atoms with Gasteiger partial charge in [0.2, 0.25) is 0 Å². The van der Waals surface area contributed by atoms with Crippen LogP contribution in [0.15, 0.2) is 59.7 Å². The van der Waals surface area contributed by atoms with E-state index < -0.39 is 17.9 Å². The van der Waals surface area contributed by atoms with Crippen molar-refractivity contribution in [3.05, 3.63) is 65.9 Å². The van der Waals surface area contributed by atoms with Crippen LogP contribution in [0.1, 0.15) is 17.2 Å². The van der Waals surface area contributed by atoms with E-state index in [0.717, 1.165) is 5.56 Å². The Hall–Kier alpha value is -3.48. The van der Waals surface area contributed by atoms with Crippen molar-refractivity contribution in [2.75, 3.05) is 14.2 Å². The Morgan fingerprint density at radius 1 is 1.00 bits per heavy atom. The molecule has 7 nitrogen and oxygen atoms in total. The Labute approximate surface area is 149 Å². The monoisotopic (exact) mass is 351 g/mol. The van der Waals surface area contributed by atoms with Gasteiger partial charge in [0, 0.05) is 5.39 Å². The van der Waals surface area contributed by atoms with Gasteiger partial charge in [-0.05, 0) is 11.6 Å². The Morgan fingerprint density at radius 3 is 2.27 bits per heavy atom. The number of aromatic nitrogens is 2. The molecule has 0 radical (unpaired) electrons. The summed E-state index contributed by atoms with van der Waals surface area (Å²) in [6.45, 7) is 0. The molecule has 0 bridgehead atoms. The number of carbonyl (C=O) groups is 2. The van der Waals surface area contributed by atoms with Crippen molar-refractivity contribution in [3.8, 4) is 0 Å². The first-order valence-electron chi connectivity index (χ1n) is 7.88. The summed E-state index contributed by atoms with van der Waals surface area (Å²) in [6, 6.07) is 16.6. The molecule has 1 heterocycles. The van der Waals surface area contributed by atoms with Crippen LogP contribution >= 0.6 is 0 Å². The van der Waals surface area contributed by atoms with E-state index in [1.165, 1.54) is 19.0 Å². The summed E-state index contributed by atoms with van der Waals surface area (Å²) in [5.41, 5.74) is 1.75. The zero-order valence-electron chi connectivity index (χ0n) is 14.3. The van der Waals surface area contributed by atoms with Crippen LogP contribution in [-0.2, 0) is 19.1 Å². The molecule has 3 aromatic rings. The van der Waals surface area contributed by atoms with Gasteiger partial charge in [0.05, 0.1) is 31.6 Å². The first-order chi connectivity index (χ1) is 12.7. The summed E-state index contributed by atoms with van der Waals surface area (Å²) in [6.07, 6.45) is 1.60. The van der Waals surface area contributed by atoms with E-state index >= 15 is 0 Å². The number of methoxy groups -OCH3 is 2. The fourth-order valence-corrected chi connectivity index (χ4v) is 2.62. The largest absolute Gasteiger partial charge is 0.468 e. The molecule has 0 aliphatic carbocycles. The molecular formula is C19H17N3O4. The summed E-state index contributed by atoms with van der Waals surface area (Å²) < 4.78 is 9.59. The predicted molar refractivity (Wildman–Crippen MR) is 95.9 cm³/mol. The summed E-state index contributed by atoms with van der Waals surface area (Å²) in [4.78, 5) is 25.8. The number of fused-ring (bicyclic) bond motifs is 1. The van der Waals surface area contributed by atoms with Crippen LogP contribution in [0, 0.1) is 0 Å². The van der Waals surface area contributed by atoms with E-state index in [4.69, 9.17) is 9.47 Å². The van der Waals surface area contributed by atoms with Crippen molar-refractivity contribution in [1.29, 1.82) is 0 Å². The highest BCUT2D eigenvalue weighted by Crippen LogP contribution is 2.28. The molecule has 0 fully saturated rings. The van der Waals surface area contributed by atoms with Crippen LogP contribution in [0.2, 0.25) is 0 Å². The van der Waals surface area contributed by atoms with Gasteiger partial charge in [0.25, 0.3) is 0 Å². The Balaban J connectivity index is 2.17. The fraction of sp³-hybridized carbons (Fsp3) is 0.158. The molecule has 0 spiro atoms. The number of hydrogen-bond donors (Lipinski definition) is 0. The smallest absolute Gasteiger partial charge is 0.326 e. The molecular weight excluding hydrogens is 334 g/mol. The molecule has 0 aliphatic heterocycles. The molecule has 0 amide bonds. The second-order valence-electron chi connectivity index (χ2n) is 5.43. The third-order valence-corrected chi connectivity index (χ3v) is 3.86. The topological polar surface area (TPSA) is 82.8 Å². The highest BCUT2D eigenvalue weighted by molar-refractivity contribution is 6.04. The van der Waals surface area contributed by atoms with E-state index in [-0.39, 0.29) is 0 Å². The van der Waals surface area contributed by atoms with Crippen LogP contribution in [-0.4, -0.2) is 42.3 Å². The van der Waals surface area contributed by atoms with Crippen LogP contribution in [0.4, 0.5) is 0 Å². The quantitative estimate of drug-likeness (QED) is 0.400. The van der Waals surface area contributed by atoms with Crippen molar-refractivity contribution in [1.82, 2.24) is 9.89 Å². The second kappa shape index (κ2) is 7.60. The minimum absolute atomic E-state index is 0.298. The molecule has 2 aromatic carbocycles.